The van der Waals surface area contributed by atoms with E-state index >= 15 is 0 Å². The number of benzene rings is 2. The zero-order valence-corrected chi connectivity index (χ0v) is 13.9. The Balaban J connectivity index is 2.35. The van der Waals surface area contributed by atoms with Crippen LogP contribution in [0.3, 0.4) is 0 Å². The molecular weight excluding hydrogens is 254 g/mol. The van der Waals surface area contributed by atoms with Gasteiger partial charge in [-0.05, 0) is 55.5 Å². The van der Waals surface area contributed by atoms with Crippen molar-refractivity contribution in [3.05, 3.63) is 70.3 Å². The monoisotopic (exact) mass is 281 g/mol. The van der Waals surface area contributed by atoms with E-state index in [1.54, 1.807) is 0 Å². The summed E-state index contributed by atoms with van der Waals surface area (Å²) in [6.45, 7) is 8.87. The van der Waals surface area contributed by atoms with Crippen LogP contribution in [0.4, 0.5) is 0 Å². The van der Waals surface area contributed by atoms with Crippen LogP contribution in [0.2, 0.25) is 0 Å². The van der Waals surface area contributed by atoms with Crippen molar-refractivity contribution in [3.63, 3.8) is 0 Å². The smallest absolute Gasteiger partial charge is 0.0576 e. The highest BCUT2D eigenvalue weighted by Gasteiger charge is 2.14. The molecule has 2 unspecified atom stereocenters. The van der Waals surface area contributed by atoms with Crippen LogP contribution in [0.15, 0.2) is 42.5 Å². The van der Waals surface area contributed by atoms with E-state index < -0.39 is 0 Å². The molecule has 1 heteroatoms. The van der Waals surface area contributed by atoms with Gasteiger partial charge in [-0.2, -0.15) is 0 Å². The van der Waals surface area contributed by atoms with Crippen LogP contribution in [-0.2, 0) is 0 Å². The van der Waals surface area contributed by atoms with Crippen molar-refractivity contribution in [2.45, 2.75) is 46.1 Å². The van der Waals surface area contributed by atoms with Gasteiger partial charge in [-0.1, -0.05) is 61.9 Å². The van der Waals surface area contributed by atoms with Crippen molar-refractivity contribution < 1.29 is 0 Å². The van der Waals surface area contributed by atoms with Crippen LogP contribution in [0.5, 0.6) is 0 Å². The van der Waals surface area contributed by atoms with Crippen molar-refractivity contribution >= 4 is 0 Å². The Morgan fingerprint density at radius 3 is 2.14 bits per heavy atom. The topological polar surface area (TPSA) is 12.0 Å². The van der Waals surface area contributed by atoms with Gasteiger partial charge in [-0.15, -0.1) is 0 Å². The van der Waals surface area contributed by atoms with Crippen LogP contribution in [0.1, 0.15) is 60.0 Å². The molecule has 0 aliphatic rings. The average molecular weight is 281 g/mol. The highest BCUT2D eigenvalue weighted by Crippen LogP contribution is 2.27. The molecule has 2 rings (SSSR count). The Bertz CT molecular complexity index is 583. The molecule has 1 N–H and O–H groups in total. The van der Waals surface area contributed by atoms with Gasteiger partial charge in [0.25, 0.3) is 0 Å². The van der Waals surface area contributed by atoms with Gasteiger partial charge in [0.2, 0.25) is 0 Å². The Morgan fingerprint density at radius 2 is 1.57 bits per heavy atom. The first-order valence-corrected chi connectivity index (χ1v) is 7.91. The van der Waals surface area contributed by atoms with E-state index in [4.69, 9.17) is 0 Å². The molecule has 21 heavy (non-hydrogen) atoms. The van der Waals surface area contributed by atoms with Gasteiger partial charge in [-0.3, -0.25) is 0 Å². The summed E-state index contributed by atoms with van der Waals surface area (Å²) in [7, 11) is 2.04. The third-order valence-electron chi connectivity index (χ3n) is 4.49. The maximum absolute atomic E-state index is 3.47. The summed E-state index contributed by atoms with van der Waals surface area (Å²) in [5.74, 6) is 0.632. The first kappa shape index (κ1) is 15.8. The van der Waals surface area contributed by atoms with Crippen molar-refractivity contribution in [3.8, 4) is 0 Å². The Kier molecular flexibility index (Phi) is 5.19. The van der Waals surface area contributed by atoms with Crippen molar-refractivity contribution in [1.82, 2.24) is 5.32 Å². The summed E-state index contributed by atoms with van der Waals surface area (Å²) in [6, 6.07) is 16.0. The molecule has 0 radical (unpaired) electrons. The van der Waals surface area contributed by atoms with Crippen molar-refractivity contribution in [1.29, 1.82) is 0 Å². The van der Waals surface area contributed by atoms with E-state index in [1.807, 2.05) is 7.05 Å². The molecule has 0 aliphatic carbocycles. The second kappa shape index (κ2) is 6.91. The first-order chi connectivity index (χ1) is 10.1. The van der Waals surface area contributed by atoms with E-state index in [0.717, 1.165) is 0 Å². The summed E-state index contributed by atoms with van der Waals surface area (Å²) in [6.07, 6.45) is 1.19. The van der Waals surface area contributed by atoms with Gasteiger partial charge in [0, 0.05) is 0 Å². The van der Waals surface area contributed by atoms with Gasteiger partial charge < -0.3 is 5.32 Å². The zero-order valence-electron chi connectivity index (χ0n) is 13.9. The van der Waals surface area contributed by atoms with Crippen LogP contribution in [0, 0.1) is 13.8 Å². The Hall–Kier alpha value is -1.60. The maximum Gasteiger partial charge on any atom is 0.0576 e. The average Bonchev–Trinajstić information content (AvgIpc) is 2.51. The lowest BCUT2D eigenvalue weighted by atomic mass is 9.91. The Morgan fingerprint density at radius 1 is 0.952 bits per heavy atom. The lowest BCUT2D eigenvalue weighted by Crippen LogP contribution is -2.18. The molecule has 2 aromatic carbocycles. The molecule has 0 saturated carbocycles. The van der Waals surface area contributed by atoms with E-state index in [0.29, 0.717) is 5.92 Å². The summed E-state index contributed by atoms with van der Waals surface area (Å²) in [5, 5.41) is 3.47. The van der Waals surface area contributed by atoms with Gasteiger partial charge >= 0.3 is 0 Å². The molecule has 1 nitrogen and oxygen atoms in total. The fourth-order valence-corrected chi connectivity index (χ4v) is 2.83. The third-order valence-corrected chi connectivity index (χ3v) is 4.49. The maximum atomic E-state index is 3.47. The molecule has 0 saturated heterocycles. The van der Waals surface area contributed by atoms with Gasteiger partial charge in [-0.25, -0.2) is 0 Å². The van der Waals surface area contributed by atoms with E-state index in [2.05, 4.69) is 75.5 Å². The van der Waals surface area contributed by atoms with E-state index in [-0.39, 0.29) is 6.04 Å². The molecule has 0 bridgehead atoms. The highest BCUT2D eigenvalue weighted by molar-refractivity contribution is 5.40. The van der Waals surface area contributed by atoms with Crippen LogP contribution in [0.25, 0.3) is 0 Å². The minimum absolute atomic E-state index is 0.260. The lowest BCUT2D eigenvalue weighted by Gasteiger charge is -2.21. The fourth-order valence-electron chi connectivity index (χ4n) is 2.83. The number of aryl methyl sites for hydroxylation is 2. The molecule has 0 amide bonds. The molecule has 2 aromatic rings. The van der Waals surface area contributed by atoms with Gasteiger partial charge in [0.1, 0.15) is 0 Å². The number of hydrogen-bond acceptors (Lipinski definition) is 1. The van der Waals surface area contributed by atoms with Crippen LogP contribution in [-0.4, -0.2) is 7.05 Å². The number of hydrogen-bond donors (Lipinski definition) is 1. The molecule has 2 atom stereocenters. The molecule has 0 heterocycles. The fraction of sp³-hybridized carbons (Fsp3) is 0.400. The number of nitrogens with one attached hydrogen (secondary N) is 1. The van der Waals surface area contributed by atoms with Crippen LogP contribution >= 0.6 is 0 Å². The Labute approximate surface area is 129 Å². The van der Waals surface area contributed by atoms with Crippen molar-refractivity contribution in [2.24, 2.45) is 0 Å². The van der Waals surface area contributed by atoms with Crippen LogP contribution < -0.4 is 5.32 Å². The predicted molar refractivity (Wildman–Crippen MR) is 92.0 cm³/mol. The first-order valence-electron chi connectivity index (χ1n) is 7.91. The summed E-state index contributed by atoms with van der Waals surface area (Å²) in [5.41, 5.74) is 6.78. The molecule has 112 valence electrons. The van der Waals surface area contributed by atoms with E-state index in [1.165, 1.54) is 34.2 Å². The second-order valence-corrected chi connectivity index (χ2v) is 6.06. The summed E-state index contributed by atoms with van der Waals surface area (Å²) < 4.78 is 0. The minimum Gasteiger partial charge on any atom is -0.309 e. The van der Waals surface area contributed by atoms with Gasteiger partial charge in [0.15, 0.2) is 0 Å². The molecular formula is C20H27N. The van der Waals surface area contributed by atoms with Crippen molar-refractivity contribution in [2.75, 3.05) is 7.05 Å². The SMILES string of the molecule is CCC(C)c1ccc(C(NC)c2cc(C)ccc2C)cc1. The normalized spacial score (nSPS) is 14.0. The highest BCUT2D eigenvalue weighted by atomic mass is 14.9. The molecule has 0 aliphatic heterocycles. The molecule has 0 spiro atoms. The van der Waals surface area contributed by atoms with Gasteiger partial charge in [0.05, 0.1) is 6.04 Å². The number of rotatable bonds is 5. The zero-order chi connectivity index (χ0) is 15.4. The molecule has 0 fully saturated rings. The summed E-state index contributed by atoms with van der Waals surface area (Å²) >= 11 is 0. The third kappa shape index (κ3) is 3.54. The summed E-state index contributed by atoms with van der Waals surface area (Å²) in [4.78, 5) is 0. The standard InChI is InChI=1S/C20H27N/c1-6-15(3)17-9-11-18(12-10-17)20(21-5)19-13-14(2)7-8-16(19)4/h7-13,15,20-21H,6H2,1-5H3. The lowest BCUT2D eigenvalue weighted by molar-refractivity contribution is 0.684. The minimum atomic E-state index is 0.260. The largest absolute Gasteiger partial charge is 0.309 e. The predicted octanol–water partition coefficient (Wildman–Crippen LogP) is 5.13. The quantitative estimate of drug-likeness (QED) is 0.801. The van der Waals surface area contributed by atoms with E-state index in [9.17, 15) is 0 Å². The molecule has 0 aromatic heterocycles. The second-order valence-electron chi connectivity index (χ2n) is 6.06.